The van der Waals surface area contributed by atoms with Gasteiger partial charge in [-0.05, 0) is 60.5 Å². The number of nitrogens with one attached hydrogen (secondary N) is 1. The molecule has 4 rings (SSSR count). The van der Waals surface area contributed by atoms with Gasteiger partial charge in [0.2, 0.25) is 5.91 Å². The summed E-state index contributed by atoms with van der Waals surface area (Å²) in [5.41, 5.74) is 1.34. The van der Waals surface area contributed by atoms with Crippen LogP contribution in [0.5, 0.6) is 0 Å². The Hall–Kier alpha value is -2.99. The third-order valence-electron chi connectivity index (χ3n) is 4.90. The van der Waals surface area contributed by atoms with Crippen molar-refractivity contribution >= 4 is 56.8 Å². The first kappa shape index (κ1) is 23.2. The Morgan fingerprint density at radius 1 is 1.21 bits per heavy atom. The predicted octanol–water partition coefficient (Wildman–Crippen LogP) is 5.44. The summed E-state index contributed by atoms with van der Waals surface area (Å²) in [5, 5.41) is 12.9. The molecule has 0 saturated carbocycles. The number of anilines is 1. The molecule has 0 unspecified atom stereocenters. The van der Waals surface area contributed by atoms with Crippen molar-refractivity contribution in [1.29, 1.82) is 5.26 Å². The predicted molar refractivity (Wildman–Crippen MR) is 131 cm³/mol. The van der Waals surface area contributed by atoms with E-state index < -0.39 is 11.2 Å². The van der Waals surface area contributed by atoms with Crippen molar-refractivity contribution in [2.24, 2.45) is 0 Å². The van der Waals surface area contributed by atoms with Crippen LogP contribution in [-0.4, -0.2) is 17.1 Å². The smallest absolute Gasteiger partial charge is 0.265 e. The van der Waals surface area contributed by atoms with E-state index in [9.17, 15) is 14.9 Å². The third-order valence-corrected chi connectivity index (χ3v) is 6.93. The molecule has 1 atom stereocenters. The zero-order chi connectivity index (χ0) is 23.4. The lowest BCUT2D eigenvalue weighted by atomic mass is 10.1. The molecule has 9 heteroatoms. The number of rotatable bonds is 6. The molecule has 1 aromatic heterocycles. The summed E-state index contributed by atoms with van der Waals surface area (Å²) in [4.78, 5) is 27.8. The summed E-state index contributed by atoms with van der Waals surface area (Å²) in [5.74, 6) is -0.219. The molecule has 1 saturated heterocycles. The van der Waals surface area contributed by atoms with E-state index in [1.54, 1.807) is 42.5 Å². The van der Waals surface area contributed by atoms with Gasteiger partial charge in [0, 0.05) is 15.2 Å². The SMILES string of the molecule is N#C/C(C(=O)NCc1ccco1)=C1/S[C@@H](Cc2cccc(Cl)c2)C(=O)N1c1ccc(Br)cc1. The lowest BCUT2D eigenvalue weighted by molar-refractivity contribution is -0.117. The number of benzene rings is 2. The molecule has 0 aliphatic carbocycles. The minimum atomic E-state index is -0.574. The average Bonchev–Trinajstić information content (AvgIpc) is 3.42. The summed E-state index contributed by atoms with van der Waals surface area (Å²) in [7, 11) is 0. The normalized spacial score (nSPS) is 17.1. The fraction of sp³-hybridized carbons (Fsp3) is 0.125. The van der Waals surface area contributed by atoms with Gasteiger partial charge >= 0.3 is 0 Å². The average molecular weight is 543 g/mol. The molecule has 2 heterocycles. The van der Waals surface area contributed by atoms with E-state index in [0.717, 1.165) is 10.0 Å². The summed E-state index contributed by atoms with van der Waals surface area (Å²) >= 11 is 10.7. The highest BCUT2D eigenvalue weighted by Gasteiger charge is 2.40. The van der Waals surface area contributed by atoms with Crippen LogP contribution in [0, 0.1) is 11.3 Å². The van der Waals surface area contributed by atoms with Gasteiger partial charge in [-0.15, -0.1) is 0 Å². The van der Waals surface area contributed by atoms with Crippen molar-refractivity contribution in [3.05, 3.63) is 98.3 Å². The highest BCUT2D eigenvalue weighted by molar-refractivity contribution is 9.10. The van der Waals surface area contributed by atoms with Crippen LogP contribution in [0.2, 0.25) is 5.02 Å². The first-order valence-corrected chi connectivity index (χ1v) is 12.0. The Morgan fingerprint density at radius 3 is 2.67 bits per heavy atom. The quantitative estimate of drug-likeness (QED) is 0.331. The van der Waals surface area contributed by atoms with Gasteiger partial charge in [0.05, 0.1) is 18.1 Å². The van der Waals surface area contributed by atoms with E-state index in [2.05, 4.69) is 21.2 Å². The van der Waals surface area contributed by atoms with Crippen molar-refractivity contribution in [2.45, 2.75) is 18.2 Å². The summed E-state index contributed by atoms with van der Waals surface area (Å²) in [6.45, 7) is 0.132. The molecular formula is C24H17BrClN3O3S. The van der Waals surface area contributed by atoms with Crippen molar-refractivity contribution in [3.8, 4) is 6.07 Å². The lowest BCUT2D eigenvalue weighted by Crippen LogP contribution is -2.32. The van der Waals surface area contributed by atoms with Gasteiger partial charge in [0.1, 0.15) is 22.4 Å². The second kappa shape index (κ2) is 10.3. The van der Waals surface area contributed by atoms with Crippen LogP contribution >= 0.6 is 39.3 Å². The second-order valence-corrected chi connectivity index (χ2v) is 9.69. The van der Waals surface area contributed by atoms with E-state index >= 15 is 0 Å². The molecule has 166 valence electrons. The highest BCUT2D eigenvalue weighted by atomic mass is 79.9. The second-order valence-electron chi connectivity index (χ2n) is 7.14. The number of hydrogen-bond donors (Lipinski definition) is 1. The molecule has 33 heavy (non-hydrogen) atoms. The lowest BCUT2D eigenvalue weighted by Gasteiger charge is -2.18. The minimum Gasteiger partial charge on any atom is -0.467 e. The Bertz CT molecular complexity index is 1250. The Labute approximate surface area is 208 Å². The standard InChI is InChI=1S/C24H17BrClN3O3S/c25-16-6-8-18(9-7-16)29-23(31)21(12-15-3-1-4-17(26)11-15)33-24(29)20(13-27)22(30)28-14-19-5-2-10-32-19/h1-11,21H,12,14H2,(H,28,30)/b24-20-/t21-/m0/s1. The van der Waals surface area contributed by atoms with Gasteiger partial charge in [0.15, 0.2) is 0 Å². The maximum atomic E-state index is 13.4. The van der Waals surface area contributed by atoms with Crippen molar-refractivity contribution in [3.63, 3.8) is 0 Å². The third kappa shape index (κ3) is 5.33. The number of halogens is 2. The first-order valence-electron chi connectivity index (χ1n) is 9.92. The topological polar surface area (TPSA) is 86.3 Å². The maximum absolute atomic E-state index is 13.4. The van der Waals surface area contributed by atoms with Gasteiger partial charge in [0.25, 0.3) is 5.91 Å². The van der Waals surface area contributed by atoms with Crippen LogP contribution < -0.4 is 10.2 Å². The number of carbonyl (C=O) groups is 2. The van der Waals surface area contributed by atoms with Crippen LogP contribution in [0.3, 0.4) is 0 Å². The number of nitrogens with zero attached hydrogens (tertiary/aromatic N) is 2. The van der Waals surface area contributed by atoms with Crippen LogP contribution in [-0.2, 0) is 22.6 Å². The van der Waals surface area contributed by atoms with Crippen molar-refractivity contribution in [1.82, 2.24) is 5.32 Å². The molecule has 2 aromatic carbocycles. The van der Waals surface area contributed by atoms with Crippen LogP contribution in [0.25, 0.3) is 0 Å². The van der Waals surface area contributed by atoms with E-state index in [4.69, 9.17) is 16.0 Å². The molecule has 6 nitrogen and oxygen atoms in total. The number of amides is 2. The molecule has 1 aliphatic heterocycles. The molecule has 1 fully saturated rings. The molecular weight excluding hydrogens is 526 g/mol. The molecule has 0 spiro atoms. The first-order chi connectivity index (χ1) is 16.0. The molecule has 1 N–H and O–H groups in total. The van der Waals surface area contributed by atoms with Crippen LogP contribution in [0.15, 0.2) is 86.4 Å². The summed E-state index contributed by atoms with van der Waals surface area (Å²) < 4.78 is 6.09. The zero-order valence-electron chi connectivity index (χ0n) is 17.1. The summed E-state index contributed by atoms with van der Waals surface area (Å²) in [6.07, 6.45) is 1.92. The molecule has 0 bridgehead atoms. The molecule has 2 amide bonds. The van der Waals surface area contributed by atoms with Gasteiger partial charge in [-0.1, -0.05) is 51.4 Å². The van der Waals surface area contributed by atoms with Crippen LogP contribution in [0.1, 0.15) is 11.3 Å². The molecule has 1 aliphatic rings. The largest absolute Gasteiger partial charge is 0.467 e. The maximum Gasteiger partial charge on any atom is 0.265 e. The fourth-order valence-electron chi connectivity index (χ4n) is 3.36. The Morgan fingerprint density at radius 2 is 2.00 bits per heavy atom. The van der Waals surface area contributed by atoms with Crippen LogP contribution in [0.4, 0.5) is 5.69 Å². The monoisotopic (exact) mass is 541 g/mol. The van der Waals surface area contributed by atoms with Gasteiger partial charge in [-0.25, -0.2) is 0 Å². The number of nitriles is 1. The van der Waals surface area contributed by atoms with Gasteiger partial charge < -0.3 is 9.73 Å². The van der Waals surface area contributed by atoms with Crippen molar-refractivity contribution < 1.29 is 14.0 Å². The summed E-state index contributed by atoms with van der Waals surface area (Å²) in [6, 6.07) is 19.9. The number of hydrogen-bond acceptors (Lipinski definition) is 5. The number of furan rings is 1. The highest BCUT2D eigenvalue weighted by Crippen LogP contribution is 2.42. The van der Waals surface area contributed by atoms with E-state index in [1.165, 1.54) is 22.9 Å². The molecule has 0 radical (unpaired) electrons. The fourth-order valence-corrected chi connectivity index (χ4v) is 5.14. The number of thioether (sulfide) groups is 1. The minimum absolute atomic E-state index is 0.128. The Kier molecular flexibility index (Phi) is 7.23. The van der Waals surface area contributed by atoms with E-state index in [0.29, 0.717) is 27.9 Å². The van der Waals surface area contributed by atoms with E-state index in [1.807, 2.05) is 24.3 Å². The Balaban J connectivity index is 1.68. The van der Waals surface area contributed by atoms with Crippen molar-refractivity contribution in [2.75, 3.05) is 4.90 Å². The zero-order valence-corrected chi connectivity index (χ0v) is 20.3. The van der Waals surface area contributed by atoms with E-state index in [-0.39, 0.29) is 18.0 Å². The van der Waals surface area contributed by atoms with Gasteiger partial charge in [-0.3, -0.25) is 14.5 Å². The number of carbonyl (C=O) groups excluding carboxylic acids is 2. The van der Waals surface area contributed by atoms with Gasteiger partial charge in [-0.2, -0.15) is 5.26 Å². The molecule has 3 aromatic rings.